The van der Waals surface area contributed by atoms with Gasteiger partial charge in [0, 0.05) is 24.5 Å². The first-order chi connectivity index (χ1) is 16.0. The topological polar surface area (TPSA) is 61.4 Å². The van der Waals surface area contributed by atoms with E-state index in [0.717, 1.165) is 29.6 Å². The van der Waals surface area contributed by atoms with Crippen molar-refractivity contribution >= 4 is 11.6 Å². The first kappa shape index (κ1) is 28.0. The van der Waals surface area contributed by atoms with Crippen molar-refractivity contribution in [2.24, 2.45) is 0 Å². The molecule has 0 radical (unpaired) electrons. The van der Waals surface area contributed by atoms with Crippen LogP contribution in [0.1, 0.15) is 71.7 Å². The highest BCUT2D eigenvalue weighted by molar-refractivity contribution is 6.32. The van der Waals surface area contributed by atoms with Crippen molar-refractivity contribution < 1.29 is 0 Å². The van der Waals surface area contributed by atoms with Gasteiger partial charge in [-0.2, -0.15) is 10.2 Å². The van der Waals surface area contributed by atoms with Crippen LogP contribution in [-0.2, 0) is 6.42 Å². The molecule has 178 valence electrons. The molecule has 3 aromatic heterocycles. The molecule has 3 heterocycles. The molecule has 0 fully saturated rings. The van der Waals surface area contributed by atoms with E-state index < -0.39 is 0 Å². The summed E-state index contributed by atoms with van der Waals surface area (Å²) in [5, 5.41) is 9.33. The van der Waals surface area contributed by atoms with Crippen LogP contribution in [0.15, 0.2) is 60.9 Å². The van der Waals surface area contributed by atoms with Crippen molar-refractivity contribution in [3.8, 4) is 11.5 Å². The lowest BCUT2D eigenvalue weighted by molar-refractivity contribution is 0.721. The van der Waals surface area contributed by atoms with E-state index in [1.807, 2.05) is 101 Å². The molecule has 0 aliphatic carbocycles. The van der Waals surface area contributed by atoms with Gasteiger partial charge in [0.2, 0.25) is 0 Å². The van der Waals surface area contributed by atoms with Gasteiger partial charge in [-0.3, -0.25) is 0 Å². The minimum absolute atomic E-state index is 0.458. The zero-order valence-electron chi connectivity index (χ0n) is 21.1. The number of nitrogens with zero attached hydrogens (tertiary/aromatic N) is 6. The van der Waals surface area contributed by atoms with Crippen molar-refractivity contribution in [2.45, 2.75) is 67.7 Å². The maximum atomic E-state index is 6.09. The van der Waals surface area contributed by atoms with Crippen molar-refractivity contribution in [3.63, 3.8) is 0 Å². The van der Waals surface area contributed by atoms with Crippen LogP contribution in [-0.4, -0.2) is 29.5 Å². The summed E-state index contributed by atoms with van der Waals surface area (Å²) in [5.74, 6) is 3.04. The second kappa shape index (κ2) is 15.0. The molecule has 0 saturated carbocycles. The fraction of sp³-hybridized carbons (Fsp3) is 0.385. The minimum atomic E-state index is 0.458. The standard InChI is InChI=1S/C11H12ClN3.C11H13N3.2C2H6/c1-3-11-13-8(2)15(14-11)10-7-5-4-6-9(10)12;1-9(2)10-6-8-13-14(10)11-5-3-4-7-12-11;2*1-2/h4-7H,3H2,1-2H3;3-9H,1-2H3;2*1-2H3. The van der Waals surface area contributed by atoms with E-state index in [1.165, 1.54) is 5.69 Å². The largest absolute Gasteiger partial charge is 0.237 e. The SMILES string of the molecule is CC.CC.CC(C)c1ccnn1-c1ccccn1.CCc1nc(C)n(-c2ccccc2Cl)n1. The molecule has 0 bridgehead atoms. The van der Waals surface area contributed by atoms with Crippen molar-refractivity contribution in [1.82, 2.24) is 29.5 Å². The van der Waals surface area contributed by atoms with Gasteiger partial charge in [-0.25, -0.2) is 19.3 Å². The molecular formula is C26H37ClN6. The van der Waals surface area contributed by atoms with E-state index in [4.69, 9.17) is 11.6 Å². The minimum Gasteiger partial charge on any atom is -0.237 e. The Bertz CT molecular complexity index is 1050. The lowest BCUT2D eigenvalue weighted by atomic mass is 10.1. The van der Waals surface area contributed by atoms with E-state index in [9.17, 15) is 0 Å². The van der Waals surface area contributed by atoms with Crippen LogP contribution in [0.25, 0.3) is 11.5 Å². The van der Waals surface area contributed by atoms with E-state index in [1.54, 1.807) is 10.9 Å². The number of para-hydroxylation sites is 1. The summed E-state index contributed by atoms with van der Waals surface area (Å²) in [5.41, 5.74) is 2.06. The summed E-state index contributed by atoms with van der Waals surface area (Å²) in [6.45, 7) is 16.3. The summed E-state index contributed by atoms with van der Waals surface area (Å²) < 4.78 is 3.66. The Morgan fingerprint density at radius 3 is 2.09 bits per heavy atom. The number of hydrogen-bond donors (Lipinski definition) is 0. The number of aryl methyl sites for hydroxylation is 2. The first-order valence-corrected chi connectivity index (χ1v) is 12.0. The van der Waals surface area contributed by atoms with Gasteiger partial charge < -0.3 is 0 Å². The van der Waals surface area contributed by atoms with Crippen LogP contribution in [0.2, 0.25) is 5.02 Å². The third kappa shape index (κ3) is 7.82. The Kier molecular flexibility index (Phi) is 12.7. The number of halogens is 1. The zero-order valence-corrected chi connectivity index (χ0v) is 21.9. The summed E-state index contributed by atoms with van der Waals surface area (Å²) in [7, 11) is 0. The van der Waals surface area contributed by atoms with Crippen LogP contribution in [0.5, 0.6) is 0 Å². The van der Waals surface area contributed by atoms with Gasteiger partial charge in [-0.15, -0.1) is 0 Å². The van der Waals surface area contributed by atoms with Gasteiger partial charge in [0.05, 0.1) is 10.7 Å². The maximum Gasteiger partial charge on any atom is 0.153 e. The third-order valence-corrected chi connectivity index (χ3v) is 4.66. The molecule has 0 saturated heterocycles. The van der Waals surface area contributed by atoms with Crippen LogP contribution < -0.4 is 0 Å². The second-order valence-electron chi connectivity index (χ2n) is 6.80. The van der Waals surface area contributed by atoms with Gasteiger partial charge in [0.1, 0.15) is 5.82 Å². The number of pyridine rings is 1. The fourth-order valence-electron chi connectivity index (χ4n) is 2.87. The highest BCUT2D eigenvalue weighted by atomic mass is 35.5. The lowest BCUT2D eigenvalue weighted by Crippen LogP contribution is -2.04. The van der Waals surface area contributed by atoms with E-state index in [2.05, 4.69) is 34.0 Å². The predicted octanol–water partition coefficient (Wildman–Crippen LogP) is 7.23. The van der Waals surface area contributed by atoms with Gasteiger partial charge in [0.15, 0.2) is 11.6 Å². The summed E-state index contributed by atoms with van der Waals surface area (Å²) in [6, 6.07) is 15.5. The molecule has 0 N–H and O–H groups in total. The fourth-order valence-corrected chi connectivity index (χ4v) is 3.08. The number of aromatic nitrogens is 6. The van der Waals surface area contributed by atoms with Crippen LogP contribution in [0.4, 0.5) is 0 Å². The van der Waals surface area contributed by atoms with Crippen LogP contribution >= 0.6 is 11.6 Å². The van der Waals surface area contributed by atoms with Gasteiger partial charge in [-0.05, 0) is 43.2 Å². The quantitative estimate of drug-likeness (QED) is 0.316. The molecule has 1 aromatic carbocycles. The van der Waals surface area contributed by atoms with Crippen molar-refractivity contribution in [2.75, 3.05) is 0 Å². The average Bonchev–Trinajstić information content (AvgIpc) is 3.50. The first-order valence-electron chi connectivity index (χ1n) is 11.6. The molecule has 0 amide bonds. The smallest absolute Gasteiger partial charge is 0.153 e. The molecule has 0 atom stereocenters. The molecule has 6 nitrogen and oxygen atoms in total. The van der Waals surface area contributed by atoms with Gasteiger partial charge in [-0.1, -0.05) is 78.3 Å². The van der Waals surface area contributed by atoms with Crippen molar-refractivity contribution in [3.05, 3.63) is 83.3 Å². The highest BCUT2D eigenvalue weighted by Gasteiger charge is 2.09. The molecule has 0 spiro atoms. The van der Waals surface area contributed by atoms with E-state index in [0.29, 0.717) is 10.9 Å². The summed E-state index contributed by atoms with van der Waals surface area (Å²) >= 11 is 6.09. The van der Waals surface area contributed by atoms with Crippen LogP contribution in [0.3, 0.4) is 0 Å². The van der Waals surface area contributed by atoms with Crippen LogP contribution in [0, 0.1) is 6.92 Å². The van der Waals surface area contributed by atoms with Crippen molar-refractivity contribution in [1.29, 1.82) is 0 Å². The molecule has 0 aliphatic heterocycles. The highest BCUT2D eigenvalue weighted by Crippen LogP contribution is 2.20. The monoisotopic (exact) mass is 468 g/mol. The Balaban J connectivity index is 0.000000288. The molecule has 33 heavy (non-hydrogen) atoms. The summed E-state index contributed by atoms with van der Waals surface area (Å²) in [6.07, 6.45) is 4.42. The van der Waals surface area contributed by atoms with E-state index in [-0.39, 0.29) is 0 Å². The van der Waals surface area contributed by atoms with Gasteiger partial charge in [0.25, 0.3) is 0 Å². The Morgan fingerprint density at radius 2 is 1.55 bits per heavy atom. The summed E-state index contributed by atoms with van der Waals surface area (Å²) in [4.78, 5) is 8.60. The molecule has 4 aromatic rings. The Morgan fingerprint density at radius 1 is 0.879 bits per heavy atom. The number of benzene rings is 1. The predicted molar refractivity (Wildman–Crippen MR) is 139 cm³/mol. The molecule has 0 aliphatic rings. The Hall–Kier alpha value is -2.99. The normalized spacial score (nSPS) is 9.76. The maximum absolute atomic E-state index is 6.09. The zero-order chi connectivity index (χ0) is 24.8. The van der Waals surface area contributed by atoms with E-state index >= 15 is 0 Å². The van der Waals surface area contributed by atoms with Gasteiger partial charge >= 0.3 is 0 Å². The average molecular weight is 469 g/mol. The molecule has 4 rings (SSSR count). The second-order valence-corrected chi connectivity index (χ2v) is 7.21. The third-order valence-electron chi connectivity index (χ3n) is 4.34. The molecule has 0 unspecified atom stereocenters. The molecule has 7 heteroatoms. The Labute approximate surface area is 203 Å². The molecular weight excluding hydrogens is 432 g/mol. The lowest BCUT2D eigenvalue weighted by Gasteiger charge is -2.08. The number of hydrogen-bond acceptors (Lipinski definition) is 4. The number of rotatable bonds is 4.